The fourth-order valence-electron chi connectivity index (χ4n) is 2.96. The molecule has 1 aromatic carbocycles. The second-order valence-electron chi connectivity index (χ2n) is 6.26. The lowest BCUT2D eigenvalue weighted by atomic mass is 10.2. The number of benzene rings is 1. The summed E-state index contributed by atoms with van der Waals surface area (Å²) in [5.41, 5.74) is 5.71. The van der Waals surface area contributed by atoms with Crippen molar-refractivity contribution in [1.29, 1.82) is 0 Å². The van der Waals surface area contributed by atoms with Crippen LogP contribution in [-0.2, 0) is 11.3 Å². The normalized spacial score (nSPS) is 11.4. The highest BCUT2D eigenvalue weighted by atomic mass is 16.6. The van der Waals surface area contributed by atoms with Crippen LogP contribution in [0.1, 0.15) is 27.5 Å². The van der Waals surface area contributed by atoms with E-state index in [0.717, 1.165) is 23.5 Å². The van der Waals surface area contributed by atoms with Crippen LogP contribution in [0.2, 0.25) is 0 Å². The van der Waals surface area contributed by atoms with Gasteiger partial charge in [0.2, 0.25) is 0 Å². The quantitative estimate of drug-likeness (QED) is 0.382. The number of nitrogens with one attached hydrogen (secondary N) is 1. The molecule has 0 aliphatic rings. The van der Waals surface area contributed by atoms with E-state index in [-0.39, 0.29) is 11.4 Å². The summed E-state index contributed by atoms with van der Waals surface area (Å²) in [5, 5.41) is 15.3. The third-order valence-corrected chi connectivity index (χ3v) is 4.44. The SMILES string of the molecule is COCCn1c(C)cc(/C=N\NC(=O)c2cc3cc([N+](=O)[O-])ccc3o2)c1C. The molecule has 0 bridgehead atoms. The van der Waals surface area contributed by atoms with Crippen LogP contribution in [0.15, 0.2) is 39.9 Å². The second-order valence-corrected chi connectivity index (χ2v) is 6.26. The van der Waals surface area contributed by atoms with Gasteiger partial charge in [0.05, 0.1) is 17.7 Å². The number of hydrogen-bond donors (Lipinski definition) is 1. The molecule has 0 unspecified atom stereocenters. The van der Waals surface area contributed by atoms with Crippen LogP contribution in [0.25, 0.3) is 11.0 Å². The summed E-state index contributed by atoms with van der Waals surface area (Å²) in [4.78, 5) is 22.6. The van der Waals surface area contributed by atoms with E-state index in [4.69, 9.17) is 9.15 Å². The summed E-state index contributed by atoms with van der Waals surface area (Å²) in [6.07, 6.45) is 1.57. The summed E-state index contributed by atoms with van der Waals surface area (Å²) in [6, 6.07) is 7.56. The van der Waals surface area contributed by atoms with E-state index in [1.54, 1.807) is 13.3 Å². The zero-order chi connectivity index (χ0) is 20.3. The van der Waals surface area contributed by atoms with Crippen molar-refractivity contribution in [3.8, 4) is 0 Å². The van der Waals surface area contributed by atoms with Crippen LogP contribution < -0.4 is 5.43 Å². The van der Waals surface area contributed by atoms with Gasteiger partial charge in [-0.25, -0.2) is 5.43 Å². The first-order valence-corrected chi connectivity index (χ1v) is 8.57. The monoisotopic (exact) mass is 384 g/mol. The maximum Gasteiger partial charge on any atom is 0.307 e. The van der Waals surface area contributed by atoms with E-state index in [0.29, 0.717) is 17.6 Å². The lowest BCUT2D eigenvalue weighted by Gasteiger charge is -2.08. The number of methoxy groups -OCH3 is 1. The molecule has 0 spiro atoms. The topological polar surface area (TPSA) is 112 Å². The van der Waals surface area contributed by atoms with E-state index in [2.05, 4.69) is 15.1 Å². The molecule has 9 heteroatoms. The van der Waals surface area contributed by atoms with E-state index in [1.807, 2.05) is 19.9 Å². The van der Waals surface area contributed by atoms with Gasteiger partial charge in [-0.1, -0.05) is 0 Å². The molecule has 9 nitrogen and oxygen atoms in total. The van der Waals surface area contributed by atoms with Gasteiger partial charge < -0.3 is 13.7 Å². The zero-order valence-electron chi connectivity index (χ0n) is 15.8. The Labute approximate surface area is 160 Å². The molecule has 3 aromatic rings. The molecule has 0 aliphatic heterocycles. The minimum Gasteiger partial charge on any atom is -0.451 e. The smallest absolute Gasteiger partial charge is 0.307 e. The average Bonchev–Trinajstić information content (AvgIpc) is 3.21. The number of carbonyl (C=O) groups is 1. The molecule has 0 radical (unpaired) electrons. The number of fused-ring (bicyclic) bond motifs is 1. The molecule has 0 aliphatic carbocycles. The molecular formula is C19H20N4O5. The van der Waals surface area contributed by atoms with Crippen molar-refractivity contribution in [2.24, 2.45) is 5.10 Å². The fourth-order valence-corrected chi connectivity index (χ4v) is 2.96. The van der Waals surface area contributed by atoms with Gasteiger partial charge in [0.1, 0.15) is 5.58 Å². The molecule has 2 heterocycles. The largest absolute Gasteiger partial charge is 0.451 e. The fraction of sp³-hybridized carbons (Fsp3) is 0.263. The third-order valence-electron chi connectivity index (χ3n) is 4.44. The molecule has 1 amide bonds. The Kier molecular flexibility index (Phi) is 5.55. The molecule has 0 fully saturated rings. The van der Waals surface area contributed by atoms with Crippen LogP contribution in [0, 0.1) is 24.0 Å². The number of aromatic nitrogens is 1. The summed E-state index contributed by atoms with van der Waals surface area (Å²) in [5.74, 6) is -0.512. The number of hydrogen-bond acceptors (Lipinski definition) is 6. The lowest BCUT2D eigenvalue weighted by molar-refractivity contribution is -0.384. The van der Waals surface area contributed by atoms with Gasteiger partial charge >= 0.3 is 5.91 Å². The number of non-ortho nitro benzene ring substituents is 1. The third kappa shape index (κ3) is 3.94. The van der Waals surface area contributed by atoms with Gasteiger partial charge in [-0.2, -0.15) is 5.10 Å². The molecule has 146 valence electrons. The average molecular weight is 384 g/mol. The minimum absolute atomic E-state index is 0.0261. The first-order chi connectivity index (χ1) is 13.4. The maximum absolute atomic E-state index is 12.2. The Morgan fingerprint density at radius 2 is 2.14 bits per heavy atom. The Hall–Kier alpha value is -3.46. The number of hydrazone groups is 1. The van der Waals surface area contributed by atoms with Crippen molar-refractivity contribution in [3.05, 3.63) is 63.2 Å². The summed E-state index contributed by atoms with van der Waals surface area (Å²) >= 11 is 0. The Morgan fingerprint density at radius 3 is 2.86 bits per heavy atom. The Balaban J connectivity index is 1.72. The van der Waals surface area contributed by atoms with Crippen molar-refractivity contribution in [3.63, 3.8) is 0 Å². The molecule has 0 saturated carbocycles. The van der Waals surface area contributed by atoms with E-state index in [1.165, 1.54) is 24.3 Å². The number of ether oxygens (including phenoxy) is 1. The minimum atomic E-state index is -0.539. The molecule has 0 saturated heterocycles. The van der Waals surface area contributed by atoms with Crippen LogP contribution >= 0.6 is 0 Å². The van der Waals surface area contributed by atoms with Crippen molar-refractivity contribution >= 4 is 28.8 Å². The predicted molar refractivity (Wildman–Crippen MR) is 104 cm³/mol. The molecule has 3 rings (SSSR count). The first-order valence-electron chi connectivity index (χ1n) is 8.57. The van der Waals surface area contributed by atoms with Gasteiger partial charge in [0.25, 0.3) is 5.69 Å². The van der Waals surface area contributed by atoms with E-state index in [9.17, 15) is 14.9 Å². The highest BCUT2D eigenvalue weighted by molar-refractivity contribution is 5.97. The number of nitro benzene ring substituents is 1. The number of rotatable bonds is 7. The first kappa shape index (κ1) is 19.3. The van der Waals surface area contributed by atoms with Gasteiger partial charge in [-0.3, -0.25) is 14.9 Å². The number of nitrogens with zero attached hydrogens (tertiary/aromatic N) is 3. The highest BCUT2D eigenvalue weighted by Gasteiger charge is 2.15. The molecular weight excluding hydrogens is 364 g/mol. The number of carbonyl (C=O) groups excluding carboxylic acids is 1. The Bertz CT molecular complexity index is 1060. The summed E-state index contributed by atoms with van der Waals surface area (Å²) < 4.78 is 12.7. The van der Waals surface area contributed by atoms with Crippen molar-refractivity contribution < 1.29 is 18.9 Å². The number of nitro groups is 1. The van der Waals surface area contributed by atoms with Gasteiger partial charge in [-0.15, -0.1) is 0 Å². The summed E-state index contributed by atoms with van der Waals surface area (Å²) in [7, 11) is 1.66. The second kappa shape index (κ2) is 8.05. The van der Waals surface area contributed by atoms with Crippen LogP contribution in [0.5, 0.6) is 0 Å². The van der Waals surface area contributed by atoms with Gasteiger partial charge in [0, 0.05) is 48.1 Å². The maximum atomic E-state index is 12.2. The van der Waals surface area contributed by atoms with Crippen molar-refractivity contribution in [2.75, 3.05) is 13.7 Å². The number of furan rings is 1. The Morgan fingerprint density at radius 1 is 1.36 bits per heavy atom. The highest BCUT2D eigenvalue weighted by Crippen LogP contribution is 2.24. The van der Waals surface area contributed by atoms with Crippen molar-refractivity contribution in [2.45, 2.75) is 20.4 Å². The van der Waals surface area contributed by atoms with Crippen LogP contribution in [0.4, 0.5) is 5.69 Å². The number of amides is 1. The zero-order valence-corrected chi connectivity index (χ0v) is 15.8. The van der Waals surface area contributed by atoms with E-state index < -0.39 is 10.8 Å². The van der Waals surface area contributed by atoms with Gasteiger partial charge in [-0.05, 0) is 32.0 Å². The lowest BCUT2D eigenvalue weighted by Crippen LogP contribution is -2.16. The van der Waals surface area contributed by atoms with Crippen molar-refractivity contribution in [1.82, 2.24) is 9.99 Å². The van der Waals surface area contributed by atoms with Gasteiger partial charge in [0.15, 0.2) is 5.76 Å². The summed E-state index contributed by atoms with van der Waals surface area (Å²) in [6.45, 7) is 5.30. The van der Waals surface area contributed by atoms with Crippen LogP contribution in [-0.4, -0.2) is 35.3 Å². The molecule has 28 heavy (non-hydrogen) atoms. The van der Waals surface area contributed by atoms with Crippen LogP contribution in [0.3, 0.4) is 0 Å². The molecule has 1 N–H and O–H groups in total. The molecule has 2 aromatic heterocycles. The number of aryl methyl sites for hydroxylation is 1. The standard InChI is InChI=1S/C19H20N4O5/c1-12-8-15(13(2)22(12)6-7-27-3)11-20-21-19(24)18-10-14-9-16(23(25)26)4-5-17(14)28-18/h4-5,8-11H,6-7H2,1-3H3,(H,21,24)/b20-11-. The predicted octanol–water partition coefficient (Wildman–Crippen LogP) is 3.17. The van der Waals surface area contributed by atoms with E-state index >= 15 is 0 Å². The molecule has 0 atom stereocenters.